The maximum Gasteiger partial charge on any atom is 0.419 e. The van der Waals surface area contributed by atoms with Crippen LogP contribution in [0.4, 0.5) is 17.6 Å². The monoisotopic (exact) mass is 488 g/mol. The highest BCUT2D eigenvalue weighted by Gasteiger charge is 2.40. The van der Waals surface area contributed by atoms with E-state index < -0.39 is 23.7 Å². The topological polar surface area (TPSA) is 44.8 Å². The molecular weight excluding hydrogens is 472 g/mol. The Morgan fingerprint density at radius 2 is 2.07 bits per heavy atom. The molecule has 0 N–H and O–H groups in total. The molecule has 2 aliphatic rings. The summed E-state index contributed by atoms with van der Waals surface area (Å²) < 4.78 is 70.7. The number of carbonyl (C=O) groups excluding carboxylic acids is 1. The standard InChI is InChI=1S/C21H17BrF4O4/c1-28-18(27)6-10-9-29-17-7-11(2-3-12(10)17)30-16-5-4-13-15(22)8-14(21(24,25)26)20(23)19(13)16/h2-3,7-8,10,16H,4-6,9H2,1H3/t10-,16-/m1/s1. The van der Waals surface area contributed by atoms with Gasteiger partial charge in [-0.15, -0.1) is 0 Å². The molecule has 0 saturated heterocycles. The summed E-state index contributed by atoms with van der Waals surface area (Å²) in [5, 5.41) is 0. The molecule has 0 radical (unpaired) electrons. The van der Waals surface area contributed by atoms with Crippen LogP contribution in [-0.2, 0) is 22.1 Å². The van der Waals surface area contributed by atoms with Gasteiger partial charge in [-0.1, -0.05) is 22.0 Å². The Morgan fingerprint density at radius 1 is 1.30 bits per heavy atom. The number of hydrogen-bond donors (Lipinski definition) is 0. The van der Waals surface area contributed by atoms with Crippen molar-refractivity contribution < 1.29 is 36.6 Å². The summed E-state index contributed by atoms with van der Waals surface area (Å²) in [6, 6.07) is 5.79. The first kappa shape index (κ1) is 21.0. The second-order valence-corrected chi connectivity index (χ2v) is 8.10. The summed E-state index contributed by atoms with van der Waals surface area (Å²) in [7, 11) is 1.32. The van der Waals surface area contributed by atoms with Crippen LogP contribution < -0.4 is 9.47 Å². The summed E-state index contributed by atoms with van der Waals surface area (Å²) in [5.74, 6) is -0.889. The van der Waals surface area contributed by atoms with Crippen molar-refractivity contribution in [3.05, 3.63) is 56.8 Å². The Labute approximate surface area is 178 Å². The zero-order valence-corrected chi connectivity index (χ0v) is 17.4. The number of ether oxygens (including phenoxy) is 3. The molecule has 1 aliphatic carbocycles. The number of halogens is 5. The number of benzene rings is 2. The highest BCUT2D eigenvalue weighted by atomic mass is 79.9. The van der Waals surface area contributed by atoms with Gasteiger partial charge in [-0.3, -0.25) is 4.79 Å². The summed E-state index contributed by atoms with van der Waals surface area (Å²) in [6.45, 7) is 0.316. The van der Waals surface area contributed by atoms with Crippen LogP contribution in [0.2, 0.25) is 0 Å². The first-order valence-corrected chi connectivity index (χ1v) is 10.1. The van der Waals surface area contributed by atoms with Crippen LogP contribution in [0.5, 0.6) is 11.5 Å². The SMILES string of the molecule is COC(=O)C[C@@H]1COc2cc(O[C@@H]3CCc4c(Br)cc(C(F)(F)F)c(F)c43)ccc21. The van der Waals surface area contributed by atoms with Crippen molar-refractivity contribution >= 4 is 21.9 Å². The molecule has 0 spiro atoms. The van der Waals surface area contributed by atoms with Crippen LogP contribution in [0.1, 0.15) is 47.1 Å². The number of rotatable bonds is 4. The largest absolute Gasteiger partial charge is 0.492 e. The second-order valence-electron chi connectivity index (χ2n) is 7.24. The van der Waals surface area contributed by atoms with Crippen molar-refractivity contribution in [2.45, 2.75) is 37.5 Å². The van der Waals surface area contributed by atoms with Gasteiger partial charge in [0.25, 0.3) is 0 Å². The molecule has 1 heterocycles. The summed E-state index contributed by atoms with van der Waals surface area (Å²) >= 11 is 3.13. The molecule has 2 aromatic rings. The number of alkyl halides is 3. The lowest BCUT2D eigenvalue weighted by Crippen LogP contribution is -2.13. The highest BCUT2D eigenvalue weighted by molar-refractivity contribution is 9.10. The average molecular weight is 489 g/mol. The van der Waals surface area contributed by atoms with Crippen LogP contribution in [0.15, 0.2) is 28.7 Å². The van der Waals surface area contributed by atoms with Crippen molar-refractivity contribution in [3.63, 3.8) is 0 Å². The smallest absolute Gasteiger partial charge is 0.419 e. The molecule has 9 heteroatoms. The first-order valence-electron chi connectivity index (χ1n) is 9.27. The molecule has 1 aliphatic heterocycles. The fraction of sp³-hybridized carbons (Fsp3) is 0.381. The van der Waals surface area contributed by atoms with E-state index in [4.69, 9.17) is 9.47 Å². The number of hydrogen-bond acceptors (Lipinski definition) is 4. The van der Waals surface area contributed by atoms with Crippen LogP contribution in [0, 0.1) is 5.82 Å². The van der Waals surface area contributed by atoms with Gasteiger partial charge in [0.1, 0.15) is 23.4 Å². The van der Waals surface area contributed by atoms with E-state index in [0.717, 1.165) is 11.6 Å². The van der Waals surface area contributed by atoms with Crippen molar-refractivity contribution in [2.24, 2.45) is 0 Å². The predicted molar refractivity (Wildman–Crippen MR) is 102 cm³/mol. The van der Waals surface area contributed by atoms with E-state index in [1.165, 1.54) is 7.11 Å². The Hall–Kier alpha value is -2.29. The Morgan fingerprint density at radius 3 is 2.77 bits per heavy atom. The fourth-order valence-electron chi connectivity index (χ4n) is 3.97. The molecule has 2 aromatic carbocycles. The van der Waals surface area contributed by atoms with E-state index in [2.05, 4.69) is 20.7 Å². The third kappa shape index (κ3) is 3.75. The second kappa shape index (κ2) is 7.76. The van der Waals surface area contributed by atoms with Gasteiger partial charge in [-0.25, -0.2) is 4.39 Å². The molecule has 0 unspecified atom stereocenters. The summed E-state index contributed by atoms with van der Waals surface area (Å²) in [4.78, 5) is 11.5. The third-order valence-electron chi connectivity index (χ3n) is 5.43. The van der Waals surface area contributed by atoms with Gasteiger partial charge in [-0.05, 0) is 30.5 Å². The average Bonchev–Trinajstić information content (AvgIpc) is 3.28. The van der Waals surface area contributed by atoms with Crippen LogP contribution >= 0.6 is 15.9 Å². The van der Waals surface area contributed by atoms with Crippen molar-refractivity contribution in [2.75, 3.05) is 13.7 Å². The maximum atomic E-state index is 14.7. The highest BCUT2D eigenvalue weighted by Crippen LogP contribution is 2.46. The van der Waals surface area contributed by atoms with Gasteiger partial charge >= 0.3 is 12.1 Å². The molecule has 30 heavy (non-hydrogen) atoms. The molecule has 4 nitrogen and oxygen atoms in total. The van der Waals surface area contributed by atoms with Crippen molar-refractivity contribution in [1.82, 2.24) is 0 Å². The number of methoxy groups -OCH3 is 1. The number of esters is 1. The molecule has 4 rings (SSSR count). The minimum Gasteiger partial charge on any atom is -0.492 e. The summed E-state index contributed by atoms with van der Waals surface area (Å²) in [5.41, 5.74) is -0.0674. The molecule has 160 valence electrons. The Balaban J connectivity index is 1.60. The van der Waals surface area contributed by atoms with E-state index >= 15 is 0 Å². The summed E-state index contributed by atoms with van der Waals surface area (Å²) in [6.07, 6.45) is -4.71. The lowest BCUT2D eigenvalue weighted by Gasteiger charge is -2.19. The Bertz CT molecular complexity index is 1010. The van der Waals surface area contributed by atoms with Crippen molar-refractivity contribution in [3.8, 4) is 11.5 Å². The van der Waals surface area contributed by atoms with Gasteiger partial charge in [0, 0.05) is 27.6 Å². The van der Waals surface area contributed by atoms with Gasteiger partial charge in [0.05, 0.1) is 25.7 Å². The van der Waals surface area contributed by atoms with Gasteiger partial charge in [0.15, 0.2) is 0 Å². The van der Waals surface area contributed by atoms with Gasteiger partial charge in [-0.2, -0.15) is 13.2 Å². The van der Waals surface area contributed by atoms with E-state index in [1.807, 2.05) is 0 Å². The van der Waals surface area contributed by atoms with Gasteiger partial charge in [0.2, 0.25) is 0 Å². The van der Waals surface area contributed by atoms with Gasteiger partial charge < -0.3 is 14.2 Å². The van der Waals surface area contributed by atoms with Crippen LogP contribution in [-0.4, -0.2) is 19.7 Å². The minimum atomic E-state index is -4.80. The molecule has 0 fully saturated rings. The first-order chi connectivity index (χ1) is 14.2. The van der Waals surface area contributed by atoms with E-state index in [-0.39, 0.29) is 28.3 Å². The van der Waals surface area contributed by atoms with Crippen LogP contribution in [0.3, 0.4) is 0 Å². The lowest BCUT2D eigenvalue weighted by molar-refractivity contribution is -0.141. The molecule has 2 atom stereocenters. The minimum absolute atomic E-state index is 0.0679. The number of carbonyl (C=O) groups is 1. The Kier molecular flexibility index (Phi) is 5.42. The molecule has 0 amide bonds. The van der Waals surface area contributed by atoms with E-state index in [9.17, 15) is 22.4 Å². The van der Waals surface area contributed by atoms with Crippen molar-refractivity contribution in [1.29, 1.82) is 0 Å². The number of fused-ring (bicyclic) bond motifs is 2. The molecule has 0 aromatic heterocycles. The quantitative estimate of drug-likeness (QED) is 0.408. The zero-order chi connectivity index (χ0) is 21.6. The van der Waals surface area contributed by atoms with Crippen LogP contribution in [0.25, 0.3) is 0 Å². The van der Waals surface area contributed by atoms with E-state index in [1.54, 1.807) is 18.2 Å². The van der Waals surface area contributed by atoms with E-state index in [0.29, 0.717) is 36.5 Å². The molecule has 0 saturated carbocycles. The predicted octanol–water partition coefficient (Wildman–Crippen LogP) is 5.71. The molecule has 0 bridgehead atoms. The normalized spacial score (nSPS) is 19.8. The maximum absolute atomic E-state index is 14.7. The fourth-order valence-corrected chi connectivity index (χ4v) is 4.61. The third-order valence-corrected chi connectivity index (χ3v) is 6.13. The lowest BCUT2D eigenvalue weighted by atomic mass is 9.98. The zero-order valence-electron chi connectivity index (χ0n) is 15.8. The molecular formula is C21H17BrF4O4.